The lowest BCUT2D eigenvalue weighted by Crippen LogP contribution is -2.07. The van der Waals surface area contributed by atoms with Crippen molar-refractivity contribution in [3.05, 3.63) is 63.7 Å². The van der Waals surface area contributed by atoms with Crippen LogP contribution in [0, 0.1) is 10.1 Å². The molecule has 0 aromatic heterocycles. The Morgan fingerprint density at radius 3 is 2.55 bits per heavy atom. The summed E-state index contributed by atoms with van der Waals surface area (Å²) in [5.41, 5.74) is 5.31. The highest BCUT2D eigenvalue weighted by Gasteiger charge is 2.30. The maximum absolute atomic E-state index is 12.6. The van der Waals surface area contributed by atoms with E-state index in [1.165, 1.54) is 30.3 Å². The molecule has 0 amide bonds. The number of nitro groups is 1. The van der Waals surface area contributed by atoms with E-state index in [1.807, 2.05) is 0 Å². The molecule has 3 N–H and O–H groups in total. The molecule has 0 heterocycles. The molecule has 0 radical (unpaired) electrons. The Balaban J connectivity index is 2.14. The summed E-state index contributed by atoms with van der Waals surface area (Å²) in [4.78, 5) is 10.2. The van der Waals surface area contributed by atoms with Gasteiger partial charge in [-0.05, 0) is 29.8 Å². The molecule has 0 saturated carbocycles. The van der Waals surface area contributed by atoms with Crippen LogP contribution in [0.4, 0.5) is 30.2 Å². The van der Waals surface area contributed by atoms with Gasteiger partial charge < -0.3 is 11.1 Å². The molecule has 2 aromatic carbocycles. The van der Waals surface area contributed by atoms with Gasteiger partial charge in [0.2, 0.25) is 0 Å². The number of hydrogen-bond donors (Lipinski definition) is 2. The molecule has 0 aliphatic rings. The summed E-state index contributed by atoms with van der Waals surface area (Å²) in [6.45, 7) is 0.102. The average Bonchev–Trinajstić information content (AvgIpc) is 2.45. The number of benzene rings is 2. The number of hydrogen-bond acceptors (Lipinski definition) is 4. The average molecular weight is 311 g/mol. The highest BCUT2D eigenvalue weighted by molar-refractivity contribution is 5.65. The monoisotopic (exact) mass is 311 g/mol. The number of alkyl halides is 3. The molecule has 22 heavy (non-hydrogen) atoms. The SMILES string of the molecule is Nc1ccc(NCc2cccc(C(F)(F)F)c2)cc1[N+](=O)[O-]. The Hall–Kier alpha value is -2.77. The minimum Gasteiger partial charge on any atom is -0.393 e. The molecule has 8 heteroatoms. The summed E-state index contributed by atoms with van der Waals surface area (Å²) in [6, 6.07) is 8.99. The summed E-state index contributed by atoms with van der Waals surface area (Å²) < 4.78 is 37.8. The van der Waals surface area contributed by atoms with Crippen LogP contribution in [-0.4, -0.2) is 4.92 Å². The maximum Gasteiger partial charge on any atom is 0.416 e. The second kappa shape index (κ2) is 5.92. The standard InChI is InChI=1S/C14H12F3N3O2/c15-14(16,17)10-3-1-2-9(6-10)8-19-11-4-5-12(18)13(7-11)20(21)22/h1-7,19H,8,18H2. The first-order valence-electron chi connectivity index (χ1n) is 6.21. The van der Waals surface area contributed by atoms with Gasteiger partial charge in [0.15, 0.2) is 0 Å². The molecular formula is C14H12F3N3O2. The fraction of sp³-hybridized carbons (Fsp3) is 0.143. The topological polar surface area (TPSA) is 81.2 Å². The number of nitrogen functional groups attached to an aromatic ring is 1. The van der Waals surface area contributed by atoms with E-state index in [-0.39, 0.29) is 17.9 Å². The van der Waals surface area contributed by atoms with Crippen molar-refractivity contribution in [3.63, 3.8) is 0 Å². The van der Waals surface area contributed by atoms with Gasteiger partial charge in [-0.2, -0.15) is 13.2 Å². The fourth-order valence-corrected chi connectivity index (χ4v) is 1.87. The number of nitro benzene ring substituents is 1. The molecule has 0 aliphatic carbocycles. The zero-order valence-electron chi connectivity index (χ0n) is 11.2. The predicted molar refractivity (Wildman–Crippen MR) is 76.3 cm³/mol. The van der Waals surface area contributed by atoms with Gasteiger partial charge >= 0.3 is 6.18 Å². The van der Waals surface area contributed by atoms with Crippen molar-refractivity contribution in [2.45, 2.75) is 12.7 Å². The lowest BCUT2D eigenvalue weighted by atomic mass is 10.1. The third-order valence-corrected chi connectivity index (χ3v) is 2.98. The summed E-state index contributed by atoms with van der Waals surface area (Å²) in [5, 5.41) is 13.6. The minimum absolute atomic E-state index is 0.0228. The fourth-order valence-electron chi connectivity index (χ4n) is 1.87. The second-order valence-corrected chi connectivity index (χ2v) is 4.58. The van der Waals surface area contributed by atoms with Crippen LogP contribution in [-0.2, 0) is 12.7 Å². The Labute approximate surface area is 123 Å². The number of anilines is 2. The molecule has 0 aliphatic heterocycles. The highest BCUT2D eigenvalue weighted by atomic mass is 19.4. The van der Waals surface area contributed by atoms with Crippen molar-refractivity contribution in [3.8, 4) is 0 Å². The van der Waals surface area contributed by atoms with Gasteiger partial charge in [0.25, 0.3) is 5.69 Å². The largest absolute Gasteiger partial charge is 0.416 e. The number of halogens is 3. The first kappa shape index (κ1) is 15.6. The summed E-state index contributed by atoms with van der Waals surface area (Å²) in [7, 11) is 0. The van der Waals surface area contributed by atoms with Crippen molar-refractivity contribution >= 4 is 17.1 Å². The van der Waals surface area contributed by atoms with Crippen molar-refractivity contribution in [2.75, 3.05) is 11.1 Å². The maximum atomic E-state index is 12.6. The van der Waals surface area contributed by atoms with E-state index in [4.69, 9.17) is 5.73 Å². The minimum atomic E-state index is -4.41. The Kier molecular flexibility index (Phi) is 4.20. The van der Waals surface area contributed by atoms with E-state index in [2.05, 4.69) is 5.32 Å². The Bertz CT molecular complexity index is 702. The molecule has 116 valence electrons. The predicted octanol–water partition coefficient (Wildman–Crippen LogP) is 3.81. The quantitative estimate of drug-likeness (QED) is 0.511. The molecule has 0 fully saturated rings. The van der Waals surface area contributed by atoms with E-state index in [1.54, 1.807) is 0 Å². The third kappa shape index (κ3) is 3.66. The molecule has 0 unspecified atom stereocenters. The molecule has 2 aromatic rings. The van der Waals surface area contributed by atoms with E-state index >= 15 is 0 Å². The van der Waals surface area contributed by atoms with Crippen molar-refractivity contribution in [1.29, 1.82) is 0 Å². The van der Waals surface area contributed by atoms with Crippen LogP contribution in [0.25, 0.3) is 0 Å². The van der Waals surface area contributed by atoms with Crippen LogP contribution in [0.3, 0.4) is 0 Å². The molecule has 2 rings (SSSR count). The number of nitrogens with one attached hydrogen (secondary N) is 1. The van der Waals surface area contributed by atoms with E-state index in [0.29, 0.717) is 11.3 Å². The zero-order valence-corrected chi connectivity index (χ0v) is 11.2. The van der Waals surface area contributed by atoms with Gasteiger partial charge in [-0.1, -0.05) is 12.1 Å². The first-order valence-corrected chi connectivity index (χ1v) is 6.21. The molecule has 0 saturated heterocycles. The van der Waals surface area contributed by atoms with Crippen molar-refractivity contribution in [2.24, 2.45) is 0 Å². The van der Waals surface area contributed by atoms with Crippen LogP contribution in [0.1, 0.15) is 11.1 Å². The van der Waals surface area contributed by atoms with Crippen LogP contribution in [0.2, 0.25) is 0 Å². The van der Waals surface area contributed by atoms with Gasteiger partial charge in [0, 0.05) is 18.3 Å². The van der Waals surface area contributed by atoms with Gasteiger partial charge in [0.1, 0.15) is 5.69 Å². The van der Waals surface area contributed by atoms with Gasteiger partial charge in [-0.15, -0.1) is 0 Å². The molecule has 0 spiro atoms. The number of nitrogens with zero attached hydrogens (tertiary/aromatic N) is 1. The molecule has 0 atom stereocenters. The van der Waals surface area contributed by atoms with Crippen LogP contribution in [0.15, 0.2) is 42.5 Å². The van der Waals surface area contributed by atoms with Crippen LogP contribution in [0.5, 0.6) is 0 Å². The van der Waals surface area contributed by atoms with Crippen LogP contribution < -0.4 is 11.1 Å². The molecule has 5 nitrogen and oxygen atoms in total. The molecule has 0 bridgehead atoms. The van der Waals surface area contributed by atoms with E-state index in [9.17, 15) is 23.3 Å². The smallest absolute Gasteiger partial charge is 0.393 e. The Morgan fingerprint density at radius 1 is 1.18 bits per heavy atom. The lowest BCUT2D eigenvalue weighted by molar-refractivity contribution is -0.383. The first-order chi connectivity index (χ1) is 10.3. The second-order valence-electron chi connectivity index (χ2n) is 4.58. The summed E-state index contributed by atoms with van der Waals surface area (Å²) >= 11 is 0. The summed E-state index contributed by atoms with van der Waals surface area (Å²) in [5.74, 6) is 0. The van der Waals surface area contributed by atoms with E-state index < -0.39 is 16.7 Å². The van der Waals surface area contributed by atoms with Crippen LogP contribution >= 0.6 is 0 Å². The number of nitrogens with two attached hydrogens (primary N) is 1. The van der Waals surface area contributed by atoms with Gasteiger partial charge in [-0.3, -0.25) is 10.1 Å². The highest BCUT2D eigenvalue weighted by Crippen LogP contribution is 2.30. The van der Waals surface area contributed by atoms with Crippen molar-refractivity contribution < 1.29 is 18.1 Å². The van der Waals surface area contributed by atoms with E-state index in [0.717, 1.165) is 12.1 Å². The summed E-state index contributed by atoms with van der Waals surface area (Å²) in [6.07, 6.45) is -4.41. The lowest BCUT2D eigenvalue weighted by Gasteiger charge is -2.10. The normalized spacial score (nSPS) is 11.2. The van der Waals surface area contributed by atoms with Gasteiger partial charge in [-0.25, -0.2) is 0 Å². The number of rotatable bonds is 4. The zero-order chi connectivity index (χ0) is 16.3. The third-order valence-electron chi connectivity index (χ3n) is 2.98. The van der Waals surface area contributed by atoms with Gasteiger partial charge in [0.05, 0.1) is 10.5 Å². The Morgan fingerprint density at radius 2 is 1.91 bits per heavy atom. The molecular weight excluding hydrogens is 299 g/mol. The van der Waals surface area contributed by atoms with Crippen molar-refractivity contribution in [1.82, 2.24) is 0 Å².